The number of ketones is 1. The molecule has 0 N–H and O–H groups in total. The molecule has 3 rings (SSSR count). The third-order valence-corrected chi connectivity index (χ3v) is 4.79. The van der Waals surface area contributed by atoms with E-state index in [1.165, 1.54) is 0 Å². The number of carbonyl (C=O) groups excluding carboxylic acids is 2. The summed E-state index contributed by atoms with van der Waals surface area (Å²) in [5.74, 6) is -0.0504. The maximum Gasteiger partial charge on any atom is 0.299 e. The average molecular weight is 282 g/mol. The highest BCUT2D eigenvalue weighted by Gasteiger charge is 2.38. The third kappa shape index (κ3) is 2.33. The number of anilines is 1. The van der Waals surface area contributed by atoms with Crippen molar-refractivity contribution in [2.75, 3.05) is 11.4 Å². The van der Waals surface area contributed by atoms with Gasteiger partial charge in [-0.1, -0.05) is 19.1 Å². The van der Waals surface area contributed by atoms with Crippen molar-refractivity contribution in [3.63, 3.8) is 0 Å². The summed E-state index contributed by atoms with van der Waals surface area (Å²) in [6, 6.07) is 9.53. The topological polar surface area (TPSA) is 61.2 Å². The van der Waals surface area contributed by atoms with E-state index in [9.17, 15) is 14.9 Å². The largest absolute Gasteiger partial charge is 0.304 e. The molecular weight excluding hydrogens is 264 g/mol. The van der Waals surface area contributed by atoms with Gasteiger partial charge in [0.05, 0.1) is 17.3 Å². The van der Waals surface area contributed by atoms with Crippen LogP contribution in [0.1, 0.15) is 36.5 Å². The van der Waals surface area contributed by atoms with Crippen molar-refractivity contribution >= 4 is 17.4 Å². The van der Waals surface area contributed by atoms with E-state index < -0.39 is 11.7 Å². The molecule has 1 aliphatic carbocycles. The molecule has 0 saturated heterocycles. The molecule has 1 fully saturated rings. The maximum atomic E-state index is 12.2. The first kappa shape index (κ1) is 13.8. The van der Waals surface area contributed by atoms with Gasteiger partial charge >= 0.3 is 0 Å². The number of amides is 1. The number of rotatable bonds is 2. The maximum absolute atomic E-state index is 12.2. The van der Waals surface area contributed by atoms with Crippen LogP contribution in [0.4, 0.5) is 5.69 Å². The monoisotopic (exact) mass is 282 g/mol. The van der Waals surface area contributed by atoms with Crippen molar-refractivity contribution in [1.29, 1.82) is 5.26 Å². The smallest absolute Gasteiger partial charge is 0.299 e. The predicted molar refractivity (Wildman–Crippen MR) is 78.7 cm³/mol. The van der Waals surface area contributed by atoms with Gasteiger partial charge in [0.1, 0.15) is 0 Å². The Kier molecular flexibility index (Phi) is 3.50. The Labute approximate surface area is 124 Å². The lowest BCUT2D eigenvalue weighted by molar-refractivity contribution is -0.114. The number of nitrogens with zero attached hydrogens (tertiary/aromatic N) is 2. The van der Waals surface area contributed by atoms with E-state index in [0.717, 1.165) is 24.9 Å². The highest BCUT2D eigenvalue weighted by molar-refractivity contribution is 6.52. The van der Waals surface area contributed by atoms with Crippen LogP contribution in [0.3, 0.4) is 0 Å². The number of Topliss-reactive ketones (excluding diaryl/α,β-unsaturated/α-hetero) is 1. The fraction of sp³-hybridized carbons (Fsp3) is 0.471. The molecule has 1 aromatic carbocycles. The van der Waals surface area contributed by atoms with E-state index in [4.69, 9.17) is 0 Å². The van der Waals surface area contributed by atoms with Crippen LogP contribution in [-0.2, 0) is 4.79 Å². The Morgan fingerprint density at radius 1 is 1.29 bits per heavy atom. The first-order valence-corrected chi connectivity index (χ1v) is 7.46. The van der Waals surface area contributed by atoms with Crippen molar-refractivity contribution in [3.8, 4) is 6.07 Å². The van der Waals surface area contributed by atoms with Gasteiger partial charge in [-0.15, -0.1) is 0 Å². The zero-order valence-electron chi connectivity index (χ0n) is 12.1. The molecule has 0 aromatic heterocycles. The first-order chi connectivity index (χ1) is 10.1. The first-order valence-electron chi connectivity index (χ1n) is 7.46. The summed E-state index contributed by atoms with van der Waals surface area (Å²) in [7, 11) is 0. The Hall–Kier alpha value is -2.15. The summed E-state index contributed by atoms with van der Waals surface area (Å²) < 4.78 is 0. The molecule has 2 aliphatic rings. The minimum absolute atomic E-state index is 0.0624. The van der Waals surface area contributed by atoms with Crippen LogP contribution < -0.4 is 4.90 Å². The minimum Gasteiger partial charge on any atom is -0.304 e. The molecule has 4 heteroatoms. The molecule has 1 amide bonds. The molecule has 0 radical (unpaired) electrons. The van der Waals surface area contributed by atoms with E-state index in [-0.39, 0.29) is 5.92 Å². The highest BCUT2D eigenvalue weighted by Crippen LogP contribution is 2.36. The van der Waals surface area contributed by atoms with Gasteiger partial charge in [-0.2, -0.15) is 5.26 Å². The lowest BCUT2D eigenvalue weighted by atomic mass is 9.75. The van der Waals surface area contributed by atoms with Crippen LogP contribution >= 0.6 is 0 Å². The summed E-state index contributed by atoms with van der Waals surface area (Å²) >= 11 is 0. The molecule has 1 saturated carbocycles. The van der Waals surface area contributed by atoms with Gasteiger partial charge in [0.15, 0.2) is 0 Å². The SMILES string of the molecule is CC1CCC(CN2C(=O)C(=O)c3ccccc32)CC1C#N. The predicted octanol–water partition coefficient (Wildman–Crippen LogP) is 2.79. The number of fused-ring (bicyclic) bond motifs is 1. The van der Waals surface area contributed by atoms with Crippen molar-refractivity contribution in [2.24, 2.45) is 17.8 Å². The van der Waals surface area contributed by atoms with Gasteiger partial charge in [-0.25, -0.2) is 0 Å². The molecule has 1 heterocycles. The number of nitriles is 1. The zero-order valence-corrected chi connectivity index (χ0v) is 12.1. The number of carbonyl (C=O) groups is 2. The lowest BCUT2D eigenvalue weighted by Gasteiger charge is -2.32. The average Bonchev–Trinajstić information content (AvgIpc) is 2.74. The van der Waals surface area contributed by atoms with Crippen LogP contribution in [0.25, 0.3) is 0 Å². The van der Waals surface area contributed by atoms with E-state index in [0.29, 0.717) is 23.9 Å². The second-order valence-corrected chi connectivity index (χ2v) is 6.15. The Balaban J connectivity index is 1.78. The van der Waals surface area contributed by atoms with Crippen LogP contribution in [0.2, 0.25) is 0 Å². The van der Waals surface area contributed by atoms with E-state index in [1.54, 1.807) is 17.0 Å². The summed E-state index contributed by atoms with van der Waals surface area (Å²) in [6.07, 6.45) is 2.85. The zero-order chi connectivity index (χ0) is 15.0. The van der Waals surface area contributed by atoms with Gasteiger partial charge in [0.2, 0.25) is 0 Å². The highest BCUT2D eigenvalue weighted by atomic mass is 16.2. The van der Waals surface area contributed by atoms with E-state index >= 15 is 0 Å². The standard InChI is InChI=1S/C17H18N2O2/c1-11-6-7-12(8-13(11)9-18)10-19-15-5-3-2-4-14(15)16(20)17(19)21/h2-5,11-13H,6-8,10H2,1H3. The van der Waals surface area contributed by atoms with Crippen molar-refractivity contribution in [1.82, 2.24) is 0 Å². The molecule has 108 valence electrons. The molecule has 3 atom stereocenters. The van der Waals surface area contributed by atoms with Gasteiger partial charge in [-0.3, -0.25) is 9.59 Å². The number of benzene rings is 1. The van der Waals surface area contributed by atoms with Gasteiger partial charge in [0.25, 0.3) is 11.7 Å². The second-order valence-electron chi connectivity index (χ2n) is 6.15. The fourth-order valence-corrected chi connectivity index (χ4v) is 3.44. The minimum atomic E-state index is -0.427. The molecule has 0 spiro atoms. The van der Waals surface area contributed by atoms with Gasteiger partial charge in [-0.05, 0) is 43.2 Å². The second kappa shape index (κ2) is 5.33. The van der Waals surface area contributed by atoms with Crippen LogP contribution in [0.15, 0.2) is 24.3 Å². The normalized spacial score (nSPS) is 28.4. The summed E-state index contributed by atoms with van der Waals surface area (Å²) in [5.41, 5.74) is 1.23. The molecule has 21 heavy (non-hydrogen) atoms. The summed E-state index contributed by atoms with van der Waals surface area (Å²) in [5, 5.41) is 9.21. The van der Waals surface area contributed by atoms with Crippen LogP contribution in [0.5, 0.6) is 0 Å². The summed E-state index contributed by atoms with van der Waals surface area (Å²) in [4.78, 5) is 25.7. The quantitative estimate of drug-likeness (QED) is 0.784. The number of hydrogen-bond acceptors (Lipinski definition) is 3. The fourth-order valence-electron chi connectivity index (χ4n) is 3.44. The van der Waals surface area contributed by atoms with E-state index in [1.807, 2.05) is 12.1 Å². The van der Waals surface area contributed by atoms with E-state index in [2.05, 4.69) is 13.0 Å². The third-order valence-electron chi connectivity index (χ3n) is 4.79. The lowest BCUT2D eigenvalue weighted by Crippen LogP contribution is -2.37. The molecular formula is C17H18N2O2. The molecule has 1 aromatic rings. The Morgan fingerprint density at radius 3 is 2.81 bits per heavy atom. The molecule has 1 aliphatic heterocycles. The van der Waals surface area contributed by atoms with Crippen LogP contribution in [-0.4, -0.2) is 18.2 Å². The summed E-state index contributed by atoms with van der Waals surface area (Å²) in [6.45, 7) is 2.66. The molecule has 3 unspecified atom stereocenters. The van der Waals surface area contributed by atoms with Crippen molar-refractivity contribution in [3.05, 3.63) is 29.8 Å². The van der Waals surface area contributed by atoms with Gasteiger partial charge < -0.3 is 4.90 Å². The number of para-hydroxylation sites is 1. The van der Waals surface area contributed by atoms with Gasteiger partial charge in [0, 0.05) is 12.5 Å². The Morgan fingerprint density at radius 2 is 2.05 bits per heavy atom. The van der Waals surface area contributed by atoms with Crippen molar-refractivity contribution < 1.29 is 9.59 Å². The van der Waals surface area contributed by atoms with Crippen molar-refractivity contribution in [2.45, 2.75) is 26.2 Å². The Bertz CT molecular complexity index is 632. The molecule has 0 bridgehead atoms. The molecule has 4 nitrogen and oxygen atoms in total. The van der Waals surface area contributed by atoms with Crippen LogP contribution in [0, 0.1) is 29.1 Å². The number of hydrogen-bond donors (Lipinski definition) is 0.